The minimum absolute atomic E-state index is 1.15. The number of benzene rings is 1. The Morgan fingerprint density at radius 1 is 1.24 bits per heavy atom. The number of allylic oxidation sites excluding steroid dienone is 2. The minimum Gasteiger partial charge on any atom is -0.333 e. The topological polar surface area (TPSA) is 26.0 Å². The van der Waals surface area contributed by atoms with Gasteiger partial charge in [-0.2, -0.15) is 0 Å². The number of nitrogens with two attached hydrogens (primary N) is 1. The molecule has 1 aromatic rings. The molecule has 0 amide bonds. The average molecular weight is 231 g/mol. The molecule has 2 N–H and O–H groups in total. The van der Waals surface area contributed by atoms with Gasteiger partial charge in [0, 0.05) is 0 Å². The van der Waals surface area contributed by atoms with Crippen molar-refractivity contribution < 1.29 is 0 Å². The summed E-state index contributed by atoms with van der Waals surface area (Å²) in [6.45, 7) is 4.40. The van der Waals surface area contributed by atoms with Crippen molar-refractivity contribution in [3.05, 3.63) is 41.0 Å². The highest BCUT2D eigenvalue weighted by Crippen LogP contribution is 2.29. The van der Waals surface area contributed by atoms with Gasteiger partial charge in [-0.1, -0.05) is 31.2 Å². The summed E-state index contributed by atoms with van der Waals surface area (Å²) in [6.07, 6.45) is 8.71. The third-order valence-electron chi connectivity index (χ3n) is 3.47. The fraction of sp³-hybridized carbons (Fsp3) is 0.500. The van der Waals surface area contributed by atoms with Crippen molar-refractivity contribution in [2.75, 3.05) is 7.05 Å². The standard InChI is InChI=1S/C15H20.CH5N/c1-3-12(4-2)14-11-7-9-13-8-5-6-10-15(13)14;1-2/h3,7,9,11H,4-6,8,10H2,1-2H3;2H2,1H3/b12-3+;. The van der Waals surface area contributed by atoms with Crippen molar-refractivity contribution in [2.45, 2.75) is 46.0 Å². The van der Waals surface area contributed by atoms with E-state index in [-0.39, 0.29) is 0 Å². The lowest BCUT2D eigenvalue weighted by atomic mass is 9.85. The molecule has 0 aliphatic heterocycles. The molecule has 94 valence electrons. The molecule has 0 heterocycles. The lowest BCUT2D eigenvalue weighted by Gasteiger charge is -2.20. The van der Waals surface area contributed by atoms with E-state index in [9.17, 15) is 0 Å². The first-order valence-electron chi connectivity index (χ1n) is 6.71. The van der Waals surface area contributed by atoms with Gasteiger partial charge in [0.25, 0.3) is 0 Å². The zero-order valence-electron chi connectivity index (χ0n) is 11.4. The molecule has 1 heteroatoms. The van der Waals surface area contributed by atoms with Crippen molar-refractivity contribution in [1.82, 2.24) is 0 Å². The van der Waals surface area contributed by atoms with Gasteiger partial charge in [-0.15, -0.1) is 0 Å². The van der Waals surface area contributed by atoms with Crippen LogP contribution in [-0.4, -0.2) is 7.05 Å². The second-order valence-electron chi connectivity index (χ2n) is 4.32. The highest BCUT2D eigenvalue weighted by atomic mass is 14.4. The number of hydrogen-bond donors (Lipinski definition) is 1. The van der Waals surface area contributed by atoms with Crippen molar-refractivity contribution in [1.29, 1.82) is 0 Å². The summed E-state index contributed by atoms with van der Waals surface area (Å²) in [5.74, 6) is 0. The molecule has 2 rings (SSSR count). The first-order valence-corrected chi connectivity index (χ1v) is 6.71. The molecule has 0 aromatic heterocycles. The predicted octanol–water partition coefficient (Wildman–Crippen LogP) is 3.95. The van der Waals surface area contributed by atoms with Crippen molar-refractivity contribution >= 4 is 5.57 Å². The Morgan fingerprint density at radius 3 is 2.59 bits per heavy atom. The molecule has 1 aliphatic carbocycles. The fourth-order valence-electron chi connectivity index (χ4n) is 2.63. The molecule has 1 nitrogen and oxygen atoms in total. The molecule has 0 saturated heterocycles. The van der Waals surface area contributed by atoms with Gasteiger partial charge >= 0.3 is 0 Å². The van der Waals surface area contributed by atoms with Gasteiger partial charge in [-0.3, -0.25) is 0 Å². The van der Waals surface area contributed by atoms with Crippen LogP contribution in [0.15, 0.2) is 24.3 Å². The first kappa shape index (κ1) is 14.0. The predicted molar refractivity (Wildman–Crippen MR) is 77.1 cm³/mol. The molecular formula is C16H25N. The molecule has 0 unspecified atom stereocenters. The van der Waals surface area contributed by atoms with E-state index in [1.807, 2.05) is 0 Å². The van der Waals surface area contributed by atoms with Crippen LogP contribution in [0.1, 0.15) is 49.8 Å². The molecule has 1 aromatic carbocycles. The largest absolute Gasteiger partial charge is 0.333 e. The van der Waals surface area contributed by atoms with Crippen LogP contribution in [0.4, 0.5) is 0 Å². The minimum atomic E-state index is 1.15. The summed E-state index contributed by atoms with van der Waals surface area (Å²) in [6, 6.07) is 6.82. The molecule has 17 heavy (non-hydrogen) atoms. The second kappa shape index (κ2) is 7.29. The third-order valence-corrected chi connectivity index (χ3v) is 3.47. The number of rotatable bonds is 2. The summed E-state index contributed by atoms with van der Waals surface area (Å²) >= 11 is 0. The second-order valence-corrected chi connectivity index (χ2v) is 4.32. The smallest absolute Gasteiger partial charge is 0.0193 e. The maximum atomic E-state index is 4.50. The van der Waals surface area contributed by atoms with Crippen molar-refractivity contribution in [2.24, 2.45) is 5.73 Å². The van der Waals surface area contributed by atoms with Gasteiger partial charge in [0.1, 0.15) is 0 Å². The molecule has 0 spiro atoms. The van der Waals surface area contributed by atoms with Crippen molar-refractivity contribution in [3.8, 4) is 0 Å². The van der Waals surface area contributed by atoms with E-state index >= 15 is 0 Å². The Hall–Kier alpha value is -1.08. The maximum Gasteiger partial charge on any atom is -0.0193 e. The van der Waals surface area contributed by atoms with E-state index in [2.05, 4.69) is 43.9 Å². The van der Waals surface area contributed by atoms with E-state index in [0.717, 1.165) is 6.42 Å². The summed E-state index contributed by atoms with van der Waals surface area (Å²) in [7, 11) is 1.50. The molecule has 1 aliphatic rings. The zero-order valence-corrected chi connectivity index (χ0v) is 11.4. The van der Waals surface area contributed by atoms with Gasteiger partial charge in [-0.25, -0.2) is 0 Å². The molecule has 0 atom stereocenters. The highest BCUT2D eigenvalue weighted by Gasteiger charge is 2.13. The van der Waals surface area contributed by atoms with Gasteiger partial charge in [0.05, 0.1) is 0 Å². The lowest BCUT2D eigenvalue weighted by molar-refractivity contribution is 0.684. The van der Waals surface area contributed by atoms with Crippen LogP contribution in [0.3, 0.4) is 0 Å². The van der Waals surface area contributed by atoms with Crippen LogP contribution in [0.5, 0.6) is 0 Å². The third kappa shape index (κ3) is 3.19. The van der Waals surface area contributed by atoms with Crippen LogP contribution in [0.25, 0.3) is 5.57 Å². The normalized spacial score (nSPS) is 14.7. The van der Waals surface area contributed by atoms with Crippen LogP contribution >= 0.6 is 0 Å². The molecule has 0 saturated carbocycles. The quantitative estimate of drug-likeness (QED) is 0.819. The monoisotopic (exact) mass is 231 g/mol. The van der Waals surface area contributed by atoms with Gasteiger partial charge in [-0.05, 0) is 68.3 Å². The summed E-state index contributed by atoms with van der Waals surface area (Å²) in [5.41, 5.74) is 10.7. The molecule has 0 radical (unpaired) electrons. The summed E-state index contributed by atoms with van der Waals surface area (Å²) < 4.78 is 0. The van der Waals surface area contributed by atoms with Gasteiger partial charge in [0.15, 0.2) is 0 Å². The Labute approximate surface area is 106 Å². The van der Waals surface area contributed by atoms with E-state index in [1.165, 1.54) is 43.9 Å². The summed E-state index contributed by atoms with van der Waals surface area (Å²) in [5, 5.41) is 0. The number of hydrogen-bond acceptors (Lipinski definition) is 1. The van der Waals surface area contributed by atoms with Gasteiger partial charge in [0.2, 0.25) is 0 Å². The van der Waals surface area contributed by atoms with Crippen LogP contribution in [0.2, 0.25) is 0 Å². The van der Waals surface area contributed by atoms with E-state index in [1.54, 1.807) is 11.1 Å². The van der Waals surface area contributed by atoms with E-state index in [4.69, 9.17) is 0 Å². The Kier molecular flexibility index (Phi) is 5.99. The Morgan fingerprint density at radius 2 is 1.94 bits per heavy atom. The van der Waals surface area contributed by atoms with Crippen LogP contribution in [0, 0.1) is 0 Å². The maximum absolute atomic E-state index is 4.50. The first-order chi connectivity index (χ1) is 8.36. The Bertz CT molecular complexity index is 377. The van der Waals surface area contributed by atoms with E-state index < -0.39 is 0 Å². The summed E-state index contributed by atoms with van der Waals surface area (Å²) in [4.78, 5) is 0. The van der Waals surface area contributed by atoms with Gasteiger partial charge < -0.3 is 5.73 Å². The molecule has 0 bridgehead atoms. The number of fused-ring (bicyclic) bond motifs is 1. The number of aryl methyl sites for hydroxylation is 1. The molecule has 0 fully saturated rings. The van der Waals surface area contributed by atoms with E-state index in [0.29, 0.717) is 0 Å². The zero-order chi connectivity index (χ0) is 12.7. The highest BCUT2D eigenvalue weighted by molar-refractivity contribution is 5.69. The van der Waals surface area contributed by atoms with Crippen LogP contribution < -0.4 is 5.73 Å². The average Bonchev–Trinajstić information content (AvgIpc) is 2.43. The molecular weight excluding hydrogens is 206 g/mol. The Balaban J connectivity index is 0.000000686. The lowest BCUT2D eigenvalue weighted by Crippen LogP contribution is -2.05. The van der Waals surface area contributed by atoms with Crippen LogP contribution in [-0.2, 0) is 12.8 Å². The van der Waals surface area contributed by atoms with Crippen molar-refractivity contribution in [3.63, 3.8) is 0 Å². The fourth-order valence-corrected chi connectivity index (χ4v) is 2.63. The SMILES string of the molecule is C/C=C(\CC)c1cccc2c1CCCC2.CN.